The molecule has 1 fully saturated rings. The van der Waals surface area contributed by atoms with Crippen LogP contribution in [0.1, 0.15) is 36.1 Å². The number of imide groups is 1. The number of carboxylic acid groups (broad SMARTS) is 1. The summed E-state index contributed by atoms with van der Waals surface area (Å²) in [4.78, 5) is 67.8. The lowest BCUT2D eigenvalue weighted by molar-refractivity contribution is -0.158. The molecule has 0 unspecified atom stereocenters. The van der Waals surface area contributed by atoms with Gasteiger partial charge >= 0.3 is 18.1 Å². The van der Waals surface area contributed by atoms with Gasteiger partial charge in [0.1, 0.15) is 24.0 Å². The number of carboxylic acids is 1. The zero-order valence-corrected chi connectivity index (χ0v) is 26.3. The summed E-state index contributed by atoms with van der Waals surface area (Å²) in [7, 11) is 0. The van der Waals surface area contributed by atoms with Crippen molar-refractivity contribution < 1.29 is 33.8 Å². The van der Waals surface area contributed by atoms with E-state index in [-0.39, 0.29) is 19.0 Å². The molecule has 1 aliphatic heterocycles. The second kappa shape index (κ2) is 13.6. The number of nitrogens with one attached hydrogen (secondary N) is 2. The van der Waals surface area contributed by atoms with Crippen LogP contribution >= 0.6 is 0 Å². The largest absolute Gasteiger partial charge is 0.480 e. The molecule has 4 aromatic rings. The second-order valence-corrected chi connectivity index (χ2v) is 11.4. The predicted octanol–water partition coefficient (Wildman–Crippen LogP) is 3.95. The molecule has 5 N–H and O–H groups in total. The fourth-order valence-electron chi connectivity index (χ4n) is 5.54. The number of nitrogen functional groups attached to an aromatic ring is 1. The highest BCUT2D eigenvalue weighted by molar-refractivity contribution is 6.08. The normalized spacial score (nSPS) is 16.5. The van der Waals surface area contributed by atoms with Crippen LogP contribution in [0.15, 0.2) is 97.1 Å². The van der Waals surface area contributed by atoms with E-state index in [4.69, 9.17) is 15.9 Å². The number of fused-ring (bicyclic) bond motifs is 1. The summed E-state index contributed by atoms with van der Waals surface area (Å²) in [6, 6.07) is 25.6. The van der Waals surface area contributed by atoms with Gasteiger partial charge in [-0.25, -0.2) is 19.4 Å². The number of benzene rings is 4. The first-order valence-corrected chi connectivity index (χ1v) is 15.0. The molecule has 1 aliphatic rings. The molecule has 5 amide bonds. The smallest absolute Gasteiger partial charge is 0.408 e. The van der Waals surface area contributed by atoms with Gasteiger partial charge in [-0.15, -0.1) is 0 Å². The Balaban J connectivity index is 1.47. The third-order valence-corrected chi connectivity index (χ3v) is 8.24. The summed E-state index contributed by atoms with van der Waals surface area (Å²) in [6.45, 7) is 1.67. The van der Waals surface area contributed by atoms with E-state index in [1.165, 1.54) is 11.8 Å². The van der Waals surface area contributed by atoms with E-state index in [0.717, 1.165) is 17.7 Å². The van der Waals surface area contributed by atoms with Crippen molar-refractivity contribution in [3.63, 3.8) is 0 Å². The van der Waals surface area contributed by atoms with Crippen LogP contribution in [0.2, 0.25) is 0 Å². The number of hydrogen-bond acceptors (Lipinski definition) is 7. The lowest BCUT2D eigenvalue weighted by Gasteiger charge is -2.32. The molecule has 1 saturated heterocycles. The number of ether oxygens (including phenoxy) is 1. The van der Waals surface area contributed by atoms with Gasteiger partial charge in [0.25, 0.3) is 5.91 Å². The fourth-order valence-corrected chi connectivity index (χ4v) is 5.54. The number of hydrogen-bond donors (Lipinski definition) is 4. The van der Waals surface area contributed by atoms with Gasteiger partial charge in [-0.1, -0.05) is 91.0 Å². The minimum Gasteiger partial charge on any atom is -0.480 e. The summed E-state index contributed by atoms with van der Waals surface area (Å²) in [5, 5.41) is 23.2. The first-order valence-electron chi connectivity index (χ1n) is 15.0. The molecule has 48 heavy (non-hydrogen) atoms. The molecule has 246 valence electrons. The molecule has 4 aromatic carbocycles. The average Bonchev–Trinajstić information content (AvgIpc) is 3.26. The average molecular weight is 651 g/mol. The number of nitrogens with zero attached hydrogens (tertiary/aromatic N) is 3. The molecule has 5 rings (SSSR count). The molecular formula is C35H34N6O7. The van der Waals surface area contributed by atoms with E-state index in [1.807, 2.05) is 42.5 Å². The Morgan fingerprint density at radius 1 is 0.938 bits per heavy atom. The Bertz CT molecular complexity index is 1900. The molecule has 0 aliphatic carbocycles. The number of rotatable bonds is 11. The highest BCUT2D eigenvalue weighted by Gasteiger charge is 2.58. The maximum atomic E-state index is 14.4. The SMILES string of the molecule is CC(=O)N(C[C@@H](NC(=O)OCc1ccccc1)C(=O)O)N1C(=O)N(Cc2ccc3ccccc3c2)[C@](C)(c2ccc(C(=N)N)cc2)C1=O. The molecular weight excluding hydrogens is 616 g/mol. The van der Waals surface area contributed by atoms with E-state index < -0.39 is 48.0 Å². The van der Waals surface area contributed by atoms with Gasteiger partial charge < -0.3 is 20.9 Å². The number of alkyl carbamates (subject to hydrolysis) is 1. The molecule has 2 atom stereocenters. The van der Waals surface area contributed by atoms with Crippen molar-refractivity contribution in [1.82, 2.24) is 20.2 Å². The van der Waals surface area contributed by atoms with E-state index in [9.17, 15) is 29.1 Å². The monoisotopic (exact) mass is 650 g/mol. The summed E-state index contributed by atoms with van der Waals surface area (Å²) < 4.78 is 5.15. The lowest BCUT2D eigenvalue weighted by atomic mass is 9.89. The van der Waals surface area contributed by atoms with Crippen molar-refractivity contribution in [2.45, 2.75) is 38.6 Å². The number of amidine groups is 1. The van der Waals surface area contributed by atoms with Crippen LogP contribution < -0.4 is 11.1 Å². The van der Waals surface area contributed by atoms with Gasteiger partial charge in [0.15, 0.2) is 0 Å². The van der Waals surface area contributed by atoms with Gasteiger partial charge in [0, 0.05) is 19.0 Å². The summed E-state index contributed by atoms with van der Waals surface area (Å²) in [5.74, 6) is -3.35. The van der Waals surface area contributed by atoms with Gasteiger partial charge in [-0.05, 0) is 40.5 Å². The highest BCUT2D eigenvalue weighted by atomic mass is 16.5. The summed E-state index contributed by atoms with van der Waals surface area (Å²) in [5.41, 5.74) is 6.10. The summed E-state index contributed by atoms with van der Waals surface area (Å²) >= 11 is 0. The van der Waals surface area contributed by atoms with Gasteiger partial charge in [0.05, 0.1) is 6.54 Å². The Kier molecular flexibility index (Phi) is 9.41. The van der Waals surface area contributed by atoms with Crippen LogP contribution in [-0.2, 0) is 37.8 Å². The maximum Gasteiger partial charge on any atom is 0.408 e. The maximum absolute atomic E-state index is 14.4. The van der Waals surface area contributed by atoms with Crippen molar-refractivity contribution in [1.29, 1.82) is 5.41 Å². The van der Waals surface area contributed by atoms with E-state index >= 15 is 0 Å². The predicted molar refractivity (Wildman–Crippen MR) is 175 cm³/mol. The quantitative estimate of drug-likeness (QED) is 0.107. The molecule has 0 aromatic heterocycles. The lowest BCUT2D eigenvalue weighted by Crippen LogP contribution is -2.57. The van der Waals surface area contributed by atoms with E-state index in [1.54, 1.807) is 54.6 Å². The number of amides is 5. The van der Waals surface area contributed by atoms with Crippen LogP contribution in [0.4, 0.5) is 9.59 Å². The van der Waals surface area contributed by atoms with Crippen molar-refractivity contribution >= 4 is 46.5 Å². The topological polar surface area (TPSA) is 186 Å². The molecule has 0 spiro atoms. The van der Waals surface area contributed by atoms with Crippen molar-refractivity contribution in [2.75, 3.05) is 6.54 Å². The van der Waals surface area contributed by atoms with Gasteiger partial charge in [-0.2, -0.15) is 5.01 Å². The van der Waals surface area contributed by atoms with E-state index in [2.05, 4.69) is 5.32 Å². The molecule has 0 saturated carbocycles. The zero-order valence-electron chi connectivity index (χ0n) is 26.3. The standard InChI is InChI=1S/C35H34N6O7/c1-22(42)40(20-29(31(43)44)38-33(46)48-21-23-8-4-3-5-9-23)41-32(45)35(2,28-16-14-26(15-17-28)30(36)37)39(34(41)47)19-24-12-13-25-10-6-7-11-27(25)18-24/h3-18,29H,19-21H2,1-2H3,(H3,36,37)(H,38,46)(H,43,44)/t29-,35-/m1/s1. The van der Waals surface area contributed by atoms with Crippen molar-refractivity contribution in [2.24, 2.45) is 5.73 Å². The minimum absolute atomic E-state index is 0.0466. The number of nitrogens with two attached hydrogens (primary N) is 1. The molecule has 0 bridgehead atoms. The van der Waals surface area contributed by atoms with Gasteiger partial charge in [-0.3, -0.25) is 19.9 Å². The zero-order chi connectivity index (χ0) is 34.6. The Morgan fingerprint density at radius 3 is 2.21 bits per heavy atom. The number of aliphatic carboxylic acids is 1. The Hall–Kier alpha value is -6.24. The summed E-state index contributed by atoms with van der Waals surface area (Å²) in [6.07, 6.45) is -1.07. The van der Waals surface area contributed by atoms with Crippen LogP contribution in [0.5, 0.6) is 0 Å². The first-order chi connectivity index (χ1) is 22.9. The number of hydrazine groups is 1. The first kappa shape index (κ1) is 33.1. The molecule has 13 nitrogen and oxygen atoms in total. The number of urea groups is 1. The molecule has 1 heterocycles. The van der Waals surface area contributed by atoms with Gasteiger partial charge in [0.2, 0.25) is 5.91 Å². The molecule has 0 radical (unpaired) electrons. The number of carbonyl (C=O) groups is 5. The van der Waals surface area contributed by atoms with Crippen LogP contribution in [0.3, 0.4) is 0 Å². The van der Waals surface area contributed by atoms with Crippen molar-refractivity contribution in [3.05, 3.63) is 119 Å². The van der Waals surface area contributed by atoms with E-state index in [0.29, 0.717) is 32.3 Å². The van der Waals surface area contributed by atoms with Crippen LogP contribution in [0.25, 0.3) is 10.8 Å². The Morgan fingerprint density at radius 2 is 1.58 bits per heavy atom. The van der Waals surface area contributed by atoms with Crippen LogP contribution in [0, 0.1) is 5.41 Å². The number of carbonyl (C=O) groups excluding carboxylic acids is 4. The Labute approximate surface area is 276 Å². The third-order valence-electron chi connectivity index (χ3n) is 8.24. The highest BCUT2D eigenvalue weighted by Crippen LogP contribution is 2.39. The molecule has 13 heteroatoms. The fraction of sp³-hybridized carbons (Fsp3) is 0.200. The van der Waals surface area contributed by atoms with Crippen LogP contribution in [-0.4, -0.2) is 68.4 Å². The second-order valence-electron chi connectivity index (χ2n) is 11.4. The van der Waals surface area contributed by atoms with Crippen molar-refractivity contribution in [3.8, 4) is 0 Å². The minimum atomic E-state index is -1.74. The third kappa shape index (κ3) is 6.65.